The van der Waals surface area contributed by atoms with Gasteiger partial charge in [-0.3, -0.25) is 4.79 Å². The van der Waals surface area contributed by atoms with E-state index < -0.39 is 11.6 Å². The Morgan fingerprint density at radius 2 is 2.05 bits per heavy atom. The van der Waals surface area contributed by atoms with Crippen LogP contribution in [-0.4, -0.2) is 35.7 Å². The number of carbonyl (C=O) groups excluding carboxylic acids is 1. The average Bonchev–Trinajstić information content (AvgIpc) is 3.22. The molecule has 1 saturated carbocycles. The van der Waals surface area contributed by atoms with Crippen molar-refractivity contribution in [1.82, 2.24) is 5.32 Å². The maximum atomic E-state index is 13.6. The van der Waals surface area contributed by atoms with Gasteiger partial charge in [-0.15, -0.1) is 0 Å². The molecule has 0 aliphatic heterocycles. The lowest BCUT2D eigenvalue weighted by atomic mass is 10.1. The summed E-state index contributed by atoms with van der Waals surface area (Å²) in [6.45, 7) is 0.717. The normalized spacial score (nSPS) is 20.3. The summed E-state index contributed by atoms with van der Waals surface area (Å²) >= 11 is 1.66. The maximum absolute atomic E-state index is 13.6. The van der Waals surface area contributed by atoms with Crippen LogP contribution in [0.3, 0.4) is 0 Å². The number of hydrogen-bond acceptors (Lipinski definition) is 3. The van der Waals surface area contributed by atoms with Crippen LogP contribution >= 0.6 is 11.8 Å². The number of benzene rings is 1. The summed E-state index contributed by atoms with van der Waals surface area (Å²) in [7, 11) is 0. The van der Waals surface area contributed by atoms with E-state index in [2.05, 4.69) is 5.32 Å². The average molecular weight is 315 g/mol. The van der Waals surface area contributed by atoms with E-state index in [9.17, 15) is 13.6 Å². The van der Waals surface area contributed by atoms with E-state index >= 15 is 0 Å². The van der Waals surface area contributed by atoms with Crippen LogP contribution in [-0.2, 0) is 4.79 Å². The molecule has 1 aliphatic carbocycles. The monoisotopic (exact) mass is 315 g/mol. The third kappa shape index (κ3) is 4.41. The SMILES string of the molecule is O=C(NCCSCCCO)C1CC1c1c(F)cccc1F. The first kappa shape index (κ1) is 16.2. The fraction of sp³-hybridized carbons (Fsp3) is 0.533. The van der Waals surface area contributed by atoms with Gasteiger partial charge in [-0.2, -0.15) is 11.8 Å². The van der Waals surface area contributed by atoms with Gasteiger partial charge in [0.2, 0.25) is 5.91 Å². The Balaban J connectivity index is 1.74. The number of aliphatic hydroxyl groups excluding tert-OH is 1. The minimum absolute atomic E-state index is 0.0370. The van der Waals surface area contributed by atoms with Gasteiger partial charge in [-0.05, 0) is 30.7 Å². The van der Waals surface area contributed by atoms with Crippen molar-refractivity contribution in [2.24, 2.45) is 5.92 Å². The highest BCUT2D eigenvalue weighted by Crippen LogP contribution is 2.49. The lowest BCUT2D eigenvalue weighted by Crippen LogP contribution is -2.27. The van der Waals surface area contributed by atoms with Crippen molar-refractivity contribution in [2.75, 3.05) is 24.7 Å². The number of nitrogens with one attached hydrogen (secondary N) is 1. The predicted octanol–water partition coefficient (Wildman–Crippen LogP) is 2.30. The molecule has 3 nitrogen and oxygen atoms in total. The molecule has 6 heteroatoms. The second-order valence-corrected chi connectivity index (χ2v) is 6.29. The van der Waals surface area contributed by atoms with Crippen LogP contribution < -0.4 is 5.32 Å². The molecule has 0 saturated heterocycles. The van der Waals surface area contributed by atoms with Crippen LogP contribution in [0.5, 0.6) is 0 Å². The number of thioether (sulfide) groups is 1. The van der Waals surface area contributed by atoms with Crippen molar-refractivity contribution in [3.8, 4) is 0 Å². The molecule has 1 fully saturated rings. The molecule has 21 heavy (non-hydrogen) atoms. The first-order valence-electron chi connectivity index (χ1n) is 7.05. The largest absolute Gasteiger partial charge is 0.396 e. The van der Waals surface area contributed by atoms with E-state index in [0.717, 1.165) is 17.9 Å². The summed E-state index contributed by atoms with van der Waals surface area (Å²) in [6.07, 6.45) is 1.25. The Kier molecular flexibility index (Phi) is 5.99. The molecule has 0 aromatic heterocycles. The Hall–Kier alpha value is -1.14. The fourth-order valence-corrected chi connectivity index (χ4v) is 3.10. The molecule has 0 heterocycles. The molecule has 2 rings (SSSR count). The summed E-state index contributed by atoms with van der Waals surface area (Å²) in [5, 5.41) is 11.4. The van der Waals surface area contributed by atoms with Gasteiger partial charge in [-0.25, -0.2) is 8.78 Å². The van der Waals surface area contributed by atoms with Crippen LogP contribution in [0.1, 0.15) is 24.3 Å². The number of halogens is 2. The van der Waals surface area contributed by atoms with Crippen molar-refractivity contribution < 1.29 is 18.7 Å². The fourth-order valence-electron chi connectivity index (χ4n) is 2.31. The third-order valence-electron chi connectivity index (χ3n) is 3.49. The Labute approximate surface area is 127 Å². The lowest BCUT2D eigenvalue weighted by molar-refractivity contribution is -0.122. The molecule has 1 aromatic rings. The van der Waals surface area contributed by atoms with E-state index in [1.807, 2.05) is 0 Å². The van der Waals surface area contributed by atoms with E-state index in [0.29, 0.717) is 13.0 Å². The maximum Gasteiger partial charge on any atom is 0.223 e. The summed E-state index contributed by atoms with van der Waals surface area (Å²) in [5.74, 6) is -0.307. The molecule has 1 aromatic carbocycles. The second kappa shape index (κ2) is 7.75. The van der Waals surface area contributed by atoms with Crippen LogP contribution in [0.2, 0.25) is 0 Å². The quantitative estimate of drug-likeness (QED) is 0.724. The van der Waals surface area contributed by atoms with Crippen LogP contribution in [0.4, 0.5) is 8.78 Å². The molecule has 1 aliphatic rings. The van der Waals surface area contributed by atoms with Gasteiger partial charge < -0.3 is 10.4 Å². The van der Waals surface area contributed by atoms with Crippen molar-refractivity contribution in [3.05, 3.63) is 35.4 Å². The standard InChI is InChI=1S/C15H19F2NO2S/c16-12-3-1-4-13(17)14(12)10-9-11(10)15(20)18-5-8-21-7-2-6-19/h1,3-4,10-11,19H,2,5-9H2,(H,18,20). The topological polar surface area (TPSA) is 49.3 Å². The van der Waals surface area contributed by atoms with Crippen molar-refractivity contribution in [3.63, 3.8) is 0 Å². The molecule has 1 amide bonds. The molecule has 0 bridgehead atoms. The Bertz CT molecular complexity index is 478. The number of carbonyl (C=O) groups is 1. The van der Waals surface area contributed by atoms with E-state index in [-0.39, 0.29) is 29.9 Å². The molecule has 0 spiro atoms. The third-order valence-corrected chi connectivity index (χ3v) is 4.56. The highest BCUT2D eigenvalue weighted by Gasteiger charge is 2.46. The van der Waals surface area contributed by atoms with Crippen LogP contribution in [0, 0.1) is 17.6 Å². The Morgan fingerprint density at radius 3 is 2.71 bits per heavy atom. The van der Waals surface area contributed by atoms with Gasteiger partial charge in [0.25, 0.3) is 0 Å². The van der Waals surface area contributed by atoms with Gasteiger partial charge in [0.15, 0.2) is 0 Å². The lowest BCUT2D eigenvalue weighted by Gasteiger charge is -2.06. The van der Waals surface area contributed by atoms with Gasteiger partial charge in [-0.1, -0.05) is 6.07 Å². The molecule has 2 unspecified atom stereocenters. The first-order chi connectivity index (χ1) is 10.1. The van der Waals surface area contributed by atoms with Crippen molar-refractivity contribution >= 4 is 17.7 Å². The highest BCUT2D eigenvalue weighted by molar-refractivity contribution is 7.99. The van der Waals surface area contributed by atoms with Gasteiger partial charge in [0.1, 0.15) is 11.6 Å². The van der Waals surface area contributed by atoms with Gasteiger partial charge >= 0.3 is 0 Å². The van der Waals surface area contributed by atoms with E-state index in [4.69, 9.17) is 5.11 Å². The van der Waals surface area contributed by atoms with E-state index in [1.54, 1.807) is 11.8 Å². The van der Waals surface area contributed by atoms with E-state index in [1.165, 1.54) is 18.2 Å². The summed E-state index contributed by atoms with van der Waals surface area (Å²) < 4.78 is 27.2. The van der Waals surface area contributed by atoms with Gasteiger partial charge in [0.05, 0.1) is 0 Å². The molecule has 116 valence electrons. The summed E-state index contributed by atoms with van der Waals surface area (Å²) in [5.41, 5.74) is 0.0370. The molecule has 2 atom stereocenters. The number of hydrogen-bond donors (Lipinski definition) is 2. The molecular weight excluding hydrogens is 296 g/mol. The highest BCUT2D eigenvalue weighted by atomic mass is 32.2. The minimum Gasteiger partial charge on any atom is -0.396 e. The van der Waals surface area contributed by atoms with Gasteiger partial charge in [0, 0.05) is 36.3 Å². The zero-order chi connectivity index (χ0) is 15.2. The summed E-state index contributed by atoms with van der Waals surface area (Å²) in [6, 6.07) is 3.78. The minimum atomic E-state index is -0.574. The number of amides is 1. The Morgan fingerprint density at radius 1 is 1.33 bits per heavy atom. The zero-order valence-electron chi connectivity index (χ0n) is 11.6. The second-order valence-electron chi connectivity index (χ2n) is 5.06. The zero-order valence-corrected chi connectivity index (χ0v) is 12.5. The molecular formula is C15H19F2NO2S. The summed E-state index contributed by atoms with van der Waals surface area (Å²) in [4.78, 5) is 11.9. The first-order valence-corrected chi connectivity index (χ1v) is 8.21. The van der Waals surface area contributed by atoms with Crippen LogP contribution in [0.25, 0.3) is 0 Å². The predicted molar refractivity (Wildman–Crippen MR) is 79.2 cm³/mol. The number of aliphatic hydroxyl groups is 1. The smallest absolute Gasteiger partial charge is 0.223 e. The number of rotatable bonds is 8. The van der Waals surface area contributed by atoms with Crippen molar-refractivity contribution in [1.29, 1.82) is 0 Å². The molecule has 0 radical (unpaired) electrons. The van der Waals surface area contributed by atoms with Crippen molar-refractivity contribution in [2.45, 2.75) is 18.8 Å². The van der Waals surface area contributed by atoms with Crippen LogP contribution in [0.15, 0.2) is 18.2 Å². The molecule has 2 N–H and O–H groups in total.